The average Bonchev–Trinajstić information content (AvgIpc) is 3.07. The van der Waals surface area contributed by atoms with Gasteiger partial charge in [0.1, 0.15) is 11.3 Å². The zero-order valence-electron chi connectivity index (χ0n) is 16.8. The molecule has 1 aliphatic rings. The molecule has 0 atom stereocenters. The molecular weight excluding hydrogens is 360 g/mol. The summed E-state index contributed by atoms with van der Waals surface area (Å²) in [6.45, 7) is 7.92. The van der Waals surface area contributed by atoms with Gasteiger partial charge in [-0.05, 0) is 38.0 Å². The second-order valence-corrected chi connectivity index (χ2v) is 6.81. The number of amides is 2. The molecule has 7 heteroatoms. The monoisotopic (exact) mass is 386 g/mol. The van der Waals surface area contributed by atoms with Crippen LogP contribution >= 0.6 is 0 Å². The Balaban J connectivity index is 1.75. The Morgan fingerprint density at radius 1 is 1.18 bits per heavy atom. The van der Waals surface area contributed by atoms with E-state index in [0.717, 1.165) is 27.7 Å². The van der Waals surface area contributed by atoms with Gasteiger partial charge in [0.15, 0.2) is 0 Å². The van der Waals surface area contributed by atoms with Crippen LogP contribution in [0.2, 0.25) is 0 Å². The lowest BCUT2D eigenvalue weighted by atomic mass is 10.0. The number of allylic oxidation sites excluding steroid dienone is 1. The zero-order valence-corrected chi connectivity index (χ0v) is 16.8. The molecule has 1 saturated heterocycles. The molecule has 1 aromatic carbocycles. The minimum Gasteiger partial charge on any atom is -0.496 e. The molecule has 0 bridgehead atoms. The number of carbonyl (C=O) groups is 2. The fourth-order valence-electron chi connectivity index (χ4n) is 3.34. The van der Waals surface area contributed by atoms with Crippen LogP contribution in [0.5, 0.6) is 5.75 Å². The Kier molecular flexibility index (Phi) is 5.92. The predicted octanol–water partition coefficient (Wildman–Crippen LogP) is 3.45. The van der Waals surface area contributed by atoms with Gasteiger partial charge in [-0.2, -0.15) is 0 Å². The number of carbonyl (C=O) groups excluding carboxylic acids is 2. The van der Waals surface area contributed by atoms with Crippen LogP contribution in [0, 0.1) is 6.92 Å². The highest BCUT2D eigenvalue weighted by Crippen LogP contribution is 2.33. The SMILES string of the molecule is CCOC(=O)N1CCN(C(=O)/C=C(\C)c2cc3c(C)coc3cc2OC)CC1. The van der Waals surface area contributed by atoms with Crippen LogP contribution in [0.4, 0.5) is 4.79 Å². The van der Waals surface area contributed by atoms with E-state index in [9.17, 15) is 9.59 Å². The number of rotatable bonds is 4. The smallest absolute Gasteiger partial charge is 0.409 e. The first-order valence-electron chi connectivity index (χ1n) is 9.39. The normalized spacial score (nSPS) is 15.1. The summed E-state index contributed by atoms with van der Waals surface area (Å²) in [7, 11) is 1.60. The van der Waals surface area contributed by atoms with Crippen molar-refractivity contribution in [3.05, 3.63) is 35.6 Å². The molecule has 2 amide bonds. The van der Waals surface area contributed by atoms with Crippen LogP contribution in [0.1, 0.15) is 25.0 Å². The molecule has 1 aliphatic heterocycles. The van der Waals surface area contributed by atoms with Gasteiger partial charge in [-0.25, -0.2) is 4.79 Å². The number of piperazine rings is 1. The number of benzene rings is 1. The minimum absolute atomic E-state index is 0.0768. The van der Waals surface area contributed by atoms with Crippen molar-refractivity contribution >= 4 is 28.5 Å². The van der Waals surface area contributed by atoms with E-state index in [0.29, 0.717) is 38.5 Å². The summed E-state index contributed by atoms with van der Waals surface area (Å²) >= 11 is 0. The number of methoxy groups -OCH3 is 1. The number of furan rings is 1. The lowest BCUT2D eigenvalue weighted by Gasteiger charge is -2.33. The first-order valence-corrected chi connectivity index (χ1v) is 9.39. The first kappa shape index (κ1) is 19.8. The molecule has 0 saturated carbocycles. The van der Waals surface area contributed by atoms with Gasteiger partial charge < -0.3 is 23.7 Å². The van der Waals surface area contributed by atoms with Crippen molar-refractivity contribution in [2.45, 2.75) is 20.8 Å². The van der Waals surface area contributed by atoms with Gasteiger partial charge in [0.25, 0.3) is 0 Å². The number of hydrogen-bond donors (Lipinski definition) is 0. The quantitative estimate of drug-likeness (QED) is 0.753. The molecule has 7 nitrogen and oxygen atoms in total. The van der Waals surface area contributed by atoms with E-state index in [1.807, 2.05) is 26.0 Å². The van der Waals surface area contributed by atoms with Gasteiger partial charge in [0, 0.05) is 49.3 Å². The summed E-state index contributed by atoms with van der Waals surface area (Å²) in [5.41, 5.74) is 3.47. The lowest BCUT2D eigenvalue weighted by Crippen LogP contribution is -2.50. The summed E-state index contributed by atoms with van der Waals surface area (Å²) in [5, 5.41) is 0.999. The molecule has 1 aromatic heterocycles. The molecule has 2 heterocycles. The largest absolute Gasteiger partial charge is 0.496 e. The Morgan fingerprint density at radius 2 is 1.86 bits per heavy atom. The highest BCUT2D eigenvalue weighted by molar-refractivity contribution is 5.97. The van der Waals surface area contributed by atoms with Crippen LogP contribution in [0.3, 0.4) is 0 Å². The molecular formula is C21H26N2O5. The maximum Gasteiger partial charge on any atom is 0.409 e. The number of fused-ring (bicyclic) bond motifs is 1. The molecule has 1 fully saturated rings. The Labute approximate surface area is 164 Å². The van der Waals surface area contributed by atoms with Gasteiger partial charge in [0.05, 0.1) is 20.0 Å². The van der Waals surface area contributed by atoms with Crippen molar-refractivity contribution in [2.75, 3.05) is 39.9 Å². The summed E-state index contributed by atoms with van der Waals surface area (Å²) in [4.78, 5) is 27.9. The highest BCUT2D eigenvalue weighted by Gasteiger charge is 2.24. The van der Waals surface area contributed by atoms with E-state index in [1.165, 1.54) is 0 Å². The molecule has 0 spiro atoms. The summed E-state index contributed by atoms with van der Waals surface area (Å²) < 4.78 is 16.0. The van der Waals surface area contributed by atoms with Gasteiger partial charge in [0.2, 0.25) is 5.91 Å². The molecule has 3 rings (SSSR count). The standard InChI is InChI=1S/C21H26N2O5/c1-5-27-21(25)23-8-6-22(7-9-23)20(24)10-14(2)16-11-17-15(3)13-28-19(17)12-18(16)26-4/h10-13H,5-9H2,1-4H3/b14-10+. The molecule has 2 aromatic rings. The first-order chi connectivity index (χ1) is 13.4. The van der Waals surface area contributed by atoms with Crippen molar-refractivity contribution in [1.82, 2.24) is 9.80 Å². The second kappa shape index (κ2) is 8.37. The maximum absolute atomic E-state index is 12.7. The molecule has 0 N–H and O–H groups in total. The minimum atomic E-state index is -0.324. The van der Waals surface area contributed by atoms with Crippen LogP contribution in [-0.2, 0) is 9.53 Å². The number of aryl methyl sites for hydroxylation is 1. The van der Waals surface area contributed by atoms with Crippen LogP contribution in [0.15, 0.2) is 28.9 Å². The van der Waals surface area contributed by atoms with Crippen LogP contribution in [0.25, 0.3) is 16.5 Å². The number of ether oxygens (including phenoxy) is 2. The van der Waals surface area contributed by atoms with Crippen molar-refractivity contribution in [3.63, 3.8) is 0 Å². The Bertz CT molecular complexity index is 907. The molecule has 28 heavy (non-hydrogen) atoms. The van der Waals surface area contributed by atoms with Gasteiger partial charge in [-0.3, -0.25) is 4.79 Å². The summed E-state index contributed by atoms with van der Waals surface area (Å²) in [5.74, 6) is 0.586. The van der Waals surface area contributed by atoms with Crippen LogP contribution in [-0.4, -0.2) is 61.7 Å². The second-order valence-electron chi connectivity index (χ2n) is 6.81. The lowest BCUT2D eigenvalue weighted by molar-refractivity contribution is -0.127. The Morgan fingerprint density at radius 3 is 2.50 bits per heavy atom. The van der Waals surface area contributed by atoms with Crippen molar-refractivity contribution in [1.29, 1.82) is 0 Å². The molecule has 0 unspecified atom stereocenters. The van der Waals surface area contributed by atoms with E-state index >= 15 is 0 Å². The maximum atomic E-state index is 12.7. The van der Waals surface area contributed by atoms with Gasteiger partial charge in [-0.1, -0.05) is 0 Å². The van der Waals surface area contributed by atoms with E-state index in [2.05, 4.69) is 0 Å². The molecule has 0 aliphatic carbocycles. The van der Waals surface area contributed by atoms with Crippen LogP contribution < -0.4 is 4.74 Å². The number of hydrogen-bond acceptors (Lipinski definition) is 5. The van der Waals surface area contributed by atoms with Gasteiger partial charge >= 0.3 is 6.09 Å². The van der Waals surface area contributed by atoms with E-state index < -0.39 is 0 Å². The fourth-order valence-corrected chi connectivity index (χ4v) is 3.34. The predicted molar refractivity (Wildman–Crippen MR) is 106 cm³/mol. The molecule has 0 radical (unpaired) electrons. The number of nitrogens with zero attached hydrogens (tertiary/aromatic N) is 2. The molecule has 150 valence electrons. The zero-order chi connectivity index (χ0) is 20.3. The summed E-state index contributed by atoms with van der Waals surface area (Å²) in [6, 6.07) is 3.84. The topological polar surface area (TPSA) is 72.2 Å². The van der Waals surface area contributed by atoms with E-state index in [-0.39, 0.29) is 12.0 Å². The van der Waals surface area contributed by atoms with Crippen molar-refractivity contribution in [2.24, 2.45) is 0 Å². The van der Waals surface area contributed by atoms with Crippen molar-refractivity contribution in [3.8, 4) is 5.75 Å². The average molecular weight is 386 g/mol. The summed E-state index contributed by atoms with van der Waals surface area (Å²) in [6.07, 6.45) is 3.01. The third-order valence-electron chi connectivity index (χ3n) is 4.97. The third-order valence-corrected chi connectivity index (χ3v) is 4.97. The van der Waals surface area contributed by atoms with Gasteiger partial charge in [-0.15, -0.1) is 0 Å². The fraction of sp³-hybridized carbons (Fsp3) is 0.429. The Hall–Kier alpha value is -2.96. The highest BCUT2D eigenvalue weighted by atomic mass is 16.6. The van der Waals surface area contributed by atoms with E-state index in [4.69, 9.17) is 13.9 Å². The van der Waals surface area contributed by atoms with E-state index in [1.54, 1.807) is 36.2 Å². The third kappa shape index (κ3) is 3.98. The van der Waals surface area contributed by atoms with Crippen molar-refractivity contribution < 1.29 is 23.5 Å².